The van der Waals surface area contributed by atoms with E-state index in [4.69, 9.17) is 9.47 Å². The van der Waals surface area contributed by atoms with Crippen molar-refractivity contribution >= 4 is 77.7 Å². The molecule has 10 heteroatoms. The molecule has 1 aliphatic heterocycles. The van der Waals surface area contributed by atoms with Crippen LogP contribution in [0.2, 0.25) is 0 Å². The number of unbranched alkanes of at least 4 members (excludes halogenated alkanes) is 4. The van der Waals surface area contributed by atoms with Gasteiger partial charge in [0.05, 0.1) is 33.5 Å². The van der Waals surface area contributed by atoms with Crippen molar-refractivity contribution < 1.29 is 24.0 Å². The molecule has 4 heterocycles. The topological polar surface area (TPSA) is 64.8 Å². The van der Waals surface area contributed by atoms with Gasteiger partial charge in [0, 0.05) is 56.5 Å². The lowest BCUT2D eigenvalue weighted by molar-refractivity contribution is -0.539. The normalized spacial score (nSPS) is 17.5. The summed E-state index contributed by atoms with van der Waals surface area (Å²) in [6.07, 6.45) is 24.3. The van der Waals surface area contributed by atoms with Gasteiger partial charge in [-0.3, -0.25) is 4.79 Å². The van der Waals surface area contributed by atoms with Crippen molar-refractivity contribution in [3.8, 4) is 21.3 Å². The Balaban J connectivity index is 1.46. The smallest absolute Gasteiger partial charge is 0.239 e. The highest BCUT2D eigenvalue weighted by Gasteiger charge is 2.33. The molecule has 3 aromatic heterocycles. The van der Waals surface area contributed by atoms with Crippen LogP contribution in [0.15, 0.2) is 42.2 Å². The van der Waals surface area contributed by atoms with Gasteiger partial charge in [-0.15, -0.1) is 34.0 Å². The molecule has 64 heavy (non-hydrogen) atoms. The maximum absolute atomic E-state index is 14.1. The first kappa shape index (κ1) is 52.2. The van der Waals surface area contributed by atoms with Gasteiger partial charge >= 0.3 is 0 Å². The van der Waals surface area contributed by atoms with Gasteiger partial charge < -0.3 is 19.5 Å². The van der Waals surface area contributed by atoms with Crippen LogP contribution >= 0.6 is 45.8 Å². The van der Waals surface area contributed by atoms with Crippen LogP contribution in [0.1, 0.15) is 163 Å². The maximum Gasteiger partial charge on any atom is 0.239 e. The molecule has 4 atom stereocenters. The molecule has 0 amide bonds. The third-order valence-electron chi connectivity index (χ3n) is 13.6. The van der Waals surface area contributed by atoms with Crippen molar-refractivity contribution in [2.75, 3.05) is 45.3 Å². The average Bonchev–Trinajstić information content (AvgIpc) is 4.15. The zero-order chi connectivity index (χ0) is 46.2. The standard InChI is InChI=1S/C54H80N2O4S4/c1-11-19-23-37(15-5)33-55(34-38(16-6)24-20-12-2)47-29-27-43(61-47)53-41(59-9)31-45(63-53)49-51(57)50(52(49)58)46-32-42(60-10)54(64-46)44-28-30-48(62-44)56(35-39(17-7)25-21-13-3)36-40(18-8)26-22-14-4/h27-32,37-40H,11-26,33-36H2,1-10H3. The van der Waals surface area contributed by atoms with E-state index in [9.17, 15) is 9.90 Å². The number of thiophene rings is 3. The van der Waals surface area contributed by atoms with Gasteiger partial charge in [-0.2, -0.15) is 0 Å². The predicted octanol–water partition coefficient (Wildman–Crippen LogP) is 13.6. The van der Waals surface area contributed by atoms with E-state index in [0.717, 1.165) is 45.4 Å². The number of rotatable bonds is 29. The molecule has 0 spiro atoms. The number of ether oxygens (including phenoxy) is 2. The van der Waals surface area contributed by atoms with Crippen molar-refractivity contribution in [3.05, 3.63) is 56.1 Å². The molecule has 4 unspecified atom stereocenters. The number of carbonyl (C=O) groups is 1. The van der Waals surface area contributed by atoms with Crippen molar-refractivity contribution in [1.82, 2.24) is 0 Å². The molecule has 3 aromatic rings. The lowest BCUT2D eigenvalue weighted by Gasteiger charge is -2.31. The van der Waals surface area contributed by atoms with E-state index in [1.54, 1.807) is 37.3 Å². The summed E-state index contributed by atoms with van der Waals surface area (Å²) in [5.74, 6) is 3.69. The summed E-state index contributed by atoms with van der Waals surface area (Å²) >= 11 is 6.60. The van der Waals surface area contributed by atoms with Gasteiger partial charge in [-0.25, -0.2) is 4.58 Å². The predicted molar refractivity (Wildman–Crippen MR) is 280 cm³/mol. The molecule has 6 nitrogen and oxygen atoms in total. The number of Topliss-reactive ketones (excluding diaryl/α,β-unsaturated/α-hetero) is 1. The molecule has 0 bridgehead atoms. The lowest BCUT2D eigenvalue weighted by Crippen LogP contribution is -2.33. The van der Waals surface area contributed by atoms with Gasteiger partial charge in [0.25, 0.3) is 0 Å². The minimum atomic E-state index is -0.197. The van der Waals surface area contributed by atoms with Crippen LogP contribution in [0.4, 0.5) is 5.00 Å². The van der Waals surface area contributed by atoms with Crippen LogP contribution in [0.3, 0.4) is 0 Å². The van der Waals surface area contributed by atoms with Crippen LogP contribution in [-0.2, 0) is 4.79 Å². The first-order chi connectivity index (χ1) is 31.1. The van der Waals surface area contributed by atoms with Crippen molar-refractivity contribution in [2.24, 2.45) is 23.7 Å². The molecule has 354 valence electrons. The van der Waals surface area contributed by atoms with Gasteiger partial charge in [0.1, 0.15) is 24.6 Å². The molecule has 2 aliphatic rings. The Bertz CT molecular complexity index is 2130. The number of anilines is 1. The molecule has 0 N–H and O–H groups in total. The fraction of sp³-hybridized carbons (Fsp3) is 0.630. The average molecular weight is 950 g/mol. The number of nitrogens with zero attached hydrogens (tertiary/aromatic N) is 2. The monoisotopic (exact) mass is 949 g/mol. The highest BCUT2D eigenvalue weighted by Crippen LogP contribution is 2.48. The first-order valence-corrected chi connectivity index (χ1v) is 28.3. The summed E-state index contributed by atoms with van der Waals surface area (Å²) in [5.41, 5.74) is 0.521. The molecular formula is C54H80N2O4S4. The first-order valence-electron chi connectivity index (χ1n) is 25.0. The second kappa shape index (κ2) is 26.5. The SMILES string of the molecule is CCCCC(CC)CN(CC(CC)CCCC)c1ccc(-c2sc(C3=C([O-])/C(=c4\cc(OC)/c(=C5/C=CC(=[N+](CC(CC)CCCC)CC(CC)CCCC)S5)s4)C3=O)cc2OC)s1. The Morgan fingerprint density at radius 3 is 1.69 bits per heavy atom. The second-order valence-corrected chi connectivity index (χ2v) is 22.4. The molecule has 0 saturated heterocycles. The molecule has 0 fully saturated rings. The summed E-state index contributed by atoms with van der Waals surface area (Å²) < 4.78 is 16.2. The molecule has 1 aliphatic carbocycles. The molecule has 0 radical (unpaired) electrons. The van der Waals surface area contributed by atoms with E-state index in [0.29, 0.717) is 44.6 Å². The Labute approximate surface area is 403 Å². The van der Waals surface area contributed by atoms with Crippen LogP contribution in [0, 0.1) is 23.7 Å². The highest BCUT2D eigenvalue weighted by molar-refractivity contribution is 8.22. The van der Waals surface area contributed by atoms with Gasteiger partial charge in [0.2, 0.25) is 5.04 Å². The fourth-order valence-electron chi connectivity index (χ4n) is 9.15. The largest absolute Gasteiger partial charge is 0.871 e. The van der Waals surface area contributed by atoms with Gasteiger partial charge in [0.15, 0.2) is 5.78 Å². The van der Waals surface area contributed by atoms with Gasteiger partial charge in [-0.05, 0) is 92.5 Å². The highest BCUT2D eigenvalue weighted by atomic mass is 32.2. The zero-order valence-electron chi connectivity index (χ0n) is 41.1. The number of allylic oxidation sites excluding steroid dienone is 2. The Morgan fingerprint density at radius 2 is 1.19 bits per heavy atom. The second-order valence-electron chi connectivity index (χ2n) is 18.2. The van der Waals surface area contributed by atoms with Crippen molar-refractivity contribution in [2.45, 2.75) is 158 Å². The van der Waals surface area contributed by atoms with E-state index < -0.39 is 0 Å². The van der Waals surface area contributed by atoms with Crippen LogP contribution in [0.5, 0.6) is 11.5 Å². The van der Waals surface area contributed by atoms with E-state index in [2.05, 4.69) is 89.2 Å². The Kier molecular flexibility index (Phi) is 21.6. The van der Waals surface area contributed by atoms with Crippen LogP contribution in [-0.4, -0.2) is 55.8 Å². The summed E-state index contributed by atoms with van der Waals surface area (Å²) in [4.78, 5) is 20.6. The minimum Gasteiger partial charge on any atom is -0.871 e. The zero-order valence-corrected chi connectivity index (χ0v) is 44.3. The molecular weight excluding hydrogens is 869 g/mol. The quantitative estimate of drug-likeness (QED) is 0.0646. The Hall–Kier alpha value is -2.79. The van der Waals surface area contributed by atoms with E-state index in [1.807, 2.05) is 12.1 Å². The van der Waals surface area contributed by atoms with E-state index >= 15 is 0 Å². The molecule has 0 saturated carbocycles. The summed E-state index contributed by atoms with van der Waals surface area (Å²) in [7, 11) is 3.36. The molecule has 5 rings (SSSR count). The Morgan fingerprint density at radius 1 is 0.641 bits per heavy atom. The fourth-order valence-corrected chi connectivity index (χ4v) is 13.8. The number of ketones is 1. The summed E-state index contributed by atoms with van der Waals surface area (Å²) in [5, 5.41) is 16.7. The van der Waals surface area contributed by atoms with Crippen molar-refractivity contribution in [3.63, 3.8) is 0 Å². The number of carbonyl (C=O) groups excluding carboxylic acids is 1. The third kappa shape index (κ3) is 13.2. The van der Waals surface area contributed by atoms with Crippen molar-refractivity contribution in [1.29, 1.82) is 0 Å². The molecule has 0 aromatic carbocycles. The number of methoxy groups -OCH3 is 2. The van der Waals surface area contributed by atoms with Gasteiger partial charge in [-0.1, -0.05) is 125 Å². The number of hydrogen-bond acceptors (Lipinski definition) is 9. The van der Waals surface area contributed by atoms with Crippen LogP contribution in [0.25, 0.3) is 25.8 Å². The maximum atomic E-state index is 14.1. The number of thioether (sulfide) groups is 1. The van der Waals surface area contributed by atoms with E-state index in [-0.39, 0.29) is 22.7 Å². The van der Waals surface area contributed by atoms with Crippen LogP contribution < -0.4 is 28.5 Å². The summed E-state index contributed by atoms with van der Waals surface area (Å²) in [6.45, 7) is 22.8. The minimum absolute atomic E-state index is 0.197. The van der Waals surface area contributed by atoms with E-state index in [1.165, 1.54) is 135 Å². The lowest BCUT2D eigenvalue weighted by atomic mass is 9.87. The number of hydrogen-bond donors (Lipinski definition) is 0. The third-order valence-corrected chi connectivity index (χ3v) is 18.5. The summed E-state index contributed by atoms with van der Waals surface area (Å²) in [6, 6.07) is 8.27.